The molecule has 0 bridgehead atoms. The fourth-order valence-electron chi connectivity index (χ4n) is 2.59. The monoisotopic (exact) mass is 319 g/mol. The highest BCUT2D eigenvalue weighted by Crippen LogP contribution is 2.18. The highest BCUT2D eigenvalue weighted by atomic mass is 32.1. The molecule has 1 aromatic heterocycles. The average molecular weight is 319 g/mol. The van der Waals surface area contributed by atoms with E-state index >= 15 is 0 Å². The van der Waals surface area contributed by atoms with Crippen molar-refractivity contribution >= 4 is 28.2 Å². The lowest BCUT2D eigenvalue weighted by Gasteiger charge is -2.23. The number of rotatable bonds is 4. The van der Waals surface area contributed by atoms with Crippen molar-refractivity contribution in [2.75, 3.05) is 20.2 Å². The summed E-state index contributed by atoms with van der Waals surface area (Å²) in [7, 11) is 1.73. The van der Waals surface area contributed by atoms with Gasteiger partial charge in [0.05, 0.1) is 18.7 Å². The fraction of sp³-hybridized carbons (Fsp3) is 0.375. The molecule has 0 aliphatic carbocycles. The molecule has 118 valence electrons. The van der Waals surface area contributed by atoms with Crippen LogP contribution in [0.4, 0.5) is 0 Å². The molecule has 0 amide bonds. The number of hydrogen-bond donors (Lipinski definition) is 3. The molecule has 0 atom stereocenters. The molecular formula is C16H21N3O2S. The van der Waals surface area contributed by atoms with Crippen LogP contribution in [0.3, 0.4) is 0 Å². The van der Waals surface area contributed by atoms with Crippen molar-refractivity contribution in [3.8, 4) is 0 Å². The van der Waals surface area contributed by atoms with Gasteiger partial charge < -0.3 is 20.3 Å². The van der Waals surface area contributed by atoms with E-state index in [1.54, 1.807) is 11.9 Å². The van der Waals surface area contributed by atoms with Crippen molar-refractivity contribution in [1.82, 2.24) is 15.2 Å². The summed E-state index contributed by atoms with van der Waals surface area (Å²) in [4.78, 5) is 17.0. The molecule has 0 spiro atoms. The molecule has 0 aliphatic rings. The van der Waals surface area contributed by atoms with Crippen LogP contribution in [-0.4, -0.2) is 40.3 Å². The summed E-state index contributed by atoms with van der Waals surface area (Å²) in [5.41, 5.74) is 3.58. The summed E-state index contributed by atoms with van der Waals surface area (Å²) in [6.07, 6.45) is 0. The Morgan fingerprint density at radius 2 is 2.09 bits per heavy atom. The molecule has 5 nitrogen and oxygen atoms in total. The minimum atomic E-state index is -0.124. The van der Waals surface area contributed by atoms with Gasteiger partial charge in [0.1, 0.15) is 0 Å². The topological polar surface area (TPSA) is 68.4 Å². The Bertz CT molecular complexity index is 755. The lowest BCUT2D eigenvalue weighted by Crippen LogP contribution is -2.40. The zero-order chi connectivity index (χ0) is 16.3. The Labute approximate surface area is 135 Å². The molecule has 0 fully saturated rings. The molecule has 1 aromatic carbocycles. The van der Waals surface area contributed by atoms with E-state index in [2.05, 4.69) is 16.4 Å². The van der Waals surface area contributed by atoms with E-state index in [4.69, 9.17) is 17.3 Å². The zero-order valence-corrected chi connectivity index (χ0v) is 13.9. The molecule has 1 heterocycles. The first kappa shape index (κ1) is 16.5. The van der Waals surface area contributed by atoms with Gasteiger partial charge in [-0.3, -0.25) is 4.79 Å². The van der Waals surface area contributed by atoms with Crippen LogP contribution in [0, 0.1) is 13.8 Å². The number of aromatic amines is 1. The first-order valence-corrected chi connectivity index (χ1v) is 7.57. The van der Waals surface area contributed by atoms with Crippen LogP contribution in [-0.2, 0) is 6.54 Å². The third kappa shape index (κ3) is 3.45. The van der Waals surface area contributed by atoms with Gasteiger partial charge in [0.2, 0.25) is 0 Å². The Kier molecular flexibility index (Phi) is 5.15. The van der Waals surface area contributed by atoms with Crippen molar-refractivity contribution in [1.29, 1.82) is 0 Å². The number of benzene rings is 1. The molecular weight excluding hydrogens is 298 g/mol. The normalized spacial score (nSPS) is 10.7. The van der Waals surface area contributed by atoms with Crippen molar-refractivity contribution in [3.05, 3.63) is 45.2 Å². The maximum atomic E-state index is 12.3. The highest BCUT2D eigenvalue weighted by Gasteiger charge is 2.12. The second-order valence-electron chi connectivity index (χ2n) is 5.37. The molecule has 6 heteroatoms. The molecule has 0 saturated heterocycles. The summed E-state index contributed by atoms with van der Waals surface area (Å²) >= 11 is 5.21. The number of aryl methyl sites for hydroxylation is 2. The Morgan fingerprint density at radius 1 is 1.36 bits per heavy atom. The van der Waals surface area contributed by atoms with Crippen LogP contribution in [0.15, 0.2) is 23.0 Å². The predicted molar refractivity (Wildman–Crippen MR) is 93.2 cm³/mol. The van der Waals surface area contributed by atoms with Gasteiger partial charge in [0.15, 0.2) is 5.11 Å². The zero-order valence-electron chi connectivity index (χ0n) is 13.1. The lowest BCUT2D eigenvalue weighted by molar-refractivity contribution is 0.245. The van der Waals surface area contributed by atoms with E-state index in [-0.39, 0.29) is 12.2 Å². The van der Waals surface area contributed by atoms with E-state index < -0.39 is 0 Å². The summed E-state index contributed by atoms with van der Waals surface area (Å²) < 4.78 is 0. The molecule has 0 saturated carbocycles. The maximum absolute atomic E-state index is 12.3. The Hall–Kier alpha value is -1.92. The number of aliphatic hydroxyl groups excluding tert-OH is 1. The van der Waals surface area contributed by atoms with Crippen molar-refractivity contribution in [2.45, 2.75) is 20.4 Å². The summed E-state index contributed by atoms with van der Waals surface area (Å²) in [6.45, 7) is 4.73. The second-order valence-corrected chi connectivity index (χ2v) is 5.76. The standard InChI is InChI=1S/C16H21N3O2S/c1-10-6-11(2)14-12(7-10)8-13(15(21)18-14)9-19(4-5-20)16(22)17-3/h6-8,20H,4-5,9H2,1-3H3,(H,17,22)(H,18,21). The number of nitrogens with zero attached hydrogens (tertiary/aromatic N) is 1. The fourth-order valence-corrected chi connectivity index (χ4v) is 2.74. The largest absolute Gasteiger partial charge is 0.395 e. The van der Waals surface area contributed by atoms with Gasteiger partial charge in [-0.1, -0.05) is 11.6 Å². The van der Waals surface area contributed by atoms with Crippen LogP contribution >= 0.6 is 12.2 Å². The first-order chi connectivity index (χ1) is 10.5. The van der Waals surface area contributed by atoms with Gasteiger partial charge in [-0.2, -0.15) is 0 Å². The number of nitrogens with one attached hydrogen (secondary N) is 2. The quantitative estimate of drug-likeness (QED) is 0.744. The van der Waals surface area contributed by atoms with E-state index in [1.165, 1.54) is 0 Å². The average Bonchev–Trinajstić information content (AvgIpc) is 2.47. The molecule has 22 heavy (non-hydrogen) atoms. The molecule has 0 radical (unpaired) electrons. The van der Waals surface area contributed by atoms with Gasteiger partial charge in [-0.05, 0) is 49.1 Å². The van der Waals surface area contributed by atoms with E-state index in [0.717, 1.165) is 22.0 Å². The van der Waals surface area contributed by atoms with Gasteiger partial charge in [0, 0.05) is 19.2 Å². The van der Waals surface area contributed by atoms with Crippen LogP contribution in [0.25, 0.3) is 10.9 Å². The van der Waals surface area contributed by atoms with Gasteiger partial charge in [-0.25, -0.2) is 0 Å². The third-order valence-corrected chi connectivity index (χ3v) is 4.06. The van der Waals surface area contributed by atoms with Crippen molar-refractivity contribution < 1.29 is 5.11 Å². The number of fused-ring (bicyclic) bond motifs is 1. The molecule has 2 rings (SSSR count). The summed E-state index contributed by atoms with van der Waals surface area (Å²) in [6, 6.07) is 6.00. The minimum absolute atomic E-state index is 0.0223. The number of aromatic nitrogens is 1. The van der Waals surface area contributed by atoms with Crippen LogP contribution in [0.2, 0.25) is 0 Å². The minimum Gasteiger partial charge on any atom is -0.395 e. The van der Waals surface area contributed by atoms with Crippen molar-refractivity contribution in [2.24, 2.45) is 0 Å². The molecule has 2 aromatic rings. The second kappa shape index (κ2) is 6.89. The smallest absolute Gasteiger partial charge is 0.253 e. The number of aliphatic hydroxyl groups is 1. The number of pyridine rings is 1. The van der Waals surface area contributed by atoms with Crippen LogP contribution < -0.4 is 10.9 Å². The van der Waals surface area contributed by atoms with Gasteiger partial charge in [-0.15, -0.1) is 0 Å². The number of hydrogen-bond acceptors (Lipinski definition) is 3. The summed E-state index contributed by atoms with van der Waals surface area (Å²) in [5.74, 6) is 0. The third-order valence-electron chi connectivity index (χ3n) is 3.60. The number of H-pyrrole nitrogens is 1. The van der Waals surface area contributed by atoms with E-state index in [9.17, 15) is 4.79 Å². The number of thiocarbonyl (C=S) groups is 1. The molecule has 3 N–H and O–H groups in total. The Morgan fingerprint density at radius 3 is 2.73 bits per heavy atom. The molecule has 0 unspecified atom stereocenters. The SMILES string of the molecule is CNC(=S)N(CCO)Cc1cc2cc(C)cc(C)c2[nH]c1=O. The van der Waals surface area contributed by atoms with E-state index in [0.29, 0.717) is 23.8 Å². The van der Waals surface area contributed by atoms with Crippen LogP contribution in [0.5, 0.6) is 0 Å². The van der Waals surface area contributed by atoms with Gasteiger partial charge in [0.25, 0.3) is 5.56 Å². The highest BCUT2D eigenvalue weighted by molar-refractivity contribution is 7.80. The predicted octanol–water partition coefficient (Wildman–Crippen LogP) is 1.44. The van der Waals surface area contributed by atoms with Gasteiger partial charge >= 0.3 is 0 Å². The lowest BCUT2D eigenvalue weighted by atomic mass is 10.1. The van der Waals surface area contributed by atoms with Crippen LogP contribution in [0.1, 0.15) is 16.7 Å². The summed E-state index contributed by atoms with van der Waals surface area (Å²) in [5, 5.41) is 13.6. The molecule has 0 aliphatic heterocycles. The Balaban J connectivity index is 2.44. The van der Waals surface area contributed by atoms with Crippen molar-refractivity contribution in [3.63, 3.8) is 0 Å². The van der Waals surface area contributed by atoms with E-state index in [1.807, 2.05) is 26.0 Å². The maximum Gasteiger partial charge on any atom is 0.253 e. The first-order valence-electron chi connectivity index (χ1n) is 7.17.